The van der Waals surface area contributed by atoms with Gasteiger partial charge in [-0.2, -0.15) is 0 Å². The van der Waals surface area contributed by atoms with Gasteiger partial charge in [0.05, 0.1) is 11.5 Å². The molecule has 0 saturated carbocycles. The Bertz CT molecular complexity index is 1240. The number of carbonyl (C=O) groups excluding carboxylic acids is 1. The molecule has 34 heavy (non-hydrogen) atoms. The Kier molecular flexibility index (Phi) is 6.63. The number of amides is 1. The summed E-state index contributed by atoms with van der Waals surface area (Å²) in [5.41, 5.74) is 1.10. The molecule has 0 bridgehead atoms. The van der Waals surface area contributed by atoms with Crippen LogP contribution >= 0.6 is 0 Å². The number of carbonyl (C=O) groups is 1. The van der Waals surface area contributed by atoms with E-state index < -0.39 is 11.2 Å². The quantitative estimate of drug-likeness (QED) is 0.525. The van der Waals surface area contributed by atoms with E-state index in [1.807, 2.05) is 69.4 Å². The molecular formula is C27H30N2O5. The molecule has 0 unspecified atom stereocenters. The highest BCUT2D eigenvalue weighted by molar-refractivity contribution is 5.85. The SMILES string of the molecule is CC(C)(C)OC(=O)N(C=Cc1ccccc1)C1CCN(c2ccc3c(O)cc(=O)oc3c2)CC1. The van der Waals surface area contributed by atoms with Crippen molar-refractivity contribution in [2.45, 2.75) is 45.3 Å². The molecule has 2 aromatic carbocycles. The predicted molar refractivity (Wildman–Crippen MR) is 133 cm³/mol. The molecule has 1 aliphatic heterocycles. The minimum Gasteiger partial charge on any atom is -0.507 e. The molecule has 7 nitrogen and oxygen atoms in total. The molecule has 1 fully saturated rings. The minimum atomic E-state index is -0.586. The van der Waals surface area contributed by atoms with Gasteiger partial charge in [0.15, 0.2) is 0 Å². The zero-order chi connectivity index (χ0) is 24.3. The number of anilines is 1. The summed E-state index contributed by atoms with van der Waals surface area (Å²) in [6, 6.07) is 16.4. The van der Waals surface area contributed by atoms with E-state index in [4.69, 9.17) is 9.15 Å². The third-order valence-corrected chi connectivity index (χ3v) is 5.76. The molecule has 2 heterocycles. The van der Waals surface area contributed by atoms with E-state index in [1.54, 1.807) is 17.0 Å². The van der Waals surface area contributed by atoms with Gasteiger partial charge in [0.1, 0.15) is 16.9 Å². The smallest absolute Gasteiger partial charge is 0.414 e. The van der Waals surface area contributed by atoms with Gasteiger partial charge in [-0.05, 0) is 57.4 Å². The average molecular weight is 463 g/mol. The van der Waals surface area contributed by atoms with Gasteiger partial charge in [0.2, 0.25) is 0 Å². The lowest BCUT2D eigenvalue weighted by Gasteiger charge is -2.38. The summed E-state index contributed by atoms with van der Waals surface area (Å²) in [5, 5.41) is 10.5. The molecule has 1 amide bonds. The molecule has 4 rings (SSSR count). The first kappa shape index (κ1) is 23.4. The number of hydrogen-bond donors (Lipinski definition) is 1. The summed E-state index contributed by atoms with van der Waals surface area (Å²) in [7, 11) is 0. The van der Waals surface area contributed by atoms with Crippen LogP contribution in [0.4, 0.5) is 10.5 Å². The zero-order valence-electron chi connectivity index (χ0n) is 19.7. The summed E-state index contributed by atoms with van der Waals surface area (Å²) in [6.07, 6.45) is 4.88. The maximum Gasteiger partial charge on any atom is 0.414 e. The number of nitrogens with zero attached hydrogens (tertiary/aromatic N) is 2. The van der Waals surface area contributed by atoms with Crippen molar-refractivity contribution in [3.8, 4) is 5.75 Å². The topological polar surface area (TPSA) is 83.2 Å². The lowest BCUT2D eigenvalue weighted by atomic mass is 10.0. The molecule has 1 aliphatic rings. The van der Waals surface area contributed by atoms with Crippen LogP contribution in [-0.4, -0.2) is 40.8 Å². The normalized spacial score (nSPS) is 15.1. The first-order chi connectivity index (χ1) is 16.2. The second-order valence-electron chi connectivity index (χ2n) is 9.46. The standard InChI is InChI=1S/C27H30N2O5/c1-27(2,3)34-26(32)29(16-11-19-7-5-4-6-8-19)20-12-14-28(15-13-20)21-9-10-22-23(30)18-25(31)33-24(22)17-21/h4-11,16-18,20,30H,12-15H2,1-3H3. The van der Waals surface area contributed by atoms with E-state index in [2.05, 4.69) is 4.90 Å². The number of fused-ring (bicyclic) bond motifs is 1. The number of aromatic hydroxyl groups is 1. The fourth-order valence-corrected chi connectivity index (χ4v) is 4.11. The van der Waals surface area contributed by atoms with Gasteiger partial charge in [-0.1, -0.05) is 30.3 Å². The third-order valence-electron chi connectivity index (χ3n) is 5.76. The van der Waals surface area contributed by atoms with E-state index in [0.29, 0.717) is 11.0 Å². The fourth-order valence-electron chi connectivity index (χ4n) is 4.11. The summed E-state index contributed by atoms with van der Waals surface area (Å²) in [4.78, 5) is 28.5. The van der Waals surface area contributed by atoms with E-state index >= 15 is 0 Å². The van der Waals surface area contributed by atoms with Crippen molar-refractivity contribution >= 4 is 28.8 Å². The van der Waals surface area contributed by atoms with E-state index in [0.717, 1.165) is 43.2 Å². The Labute approximate surface area is 198 Å². The molecule has 3 aromatic rings. The summed E-state index contributed by atoms with van der Waals surface area (Å²) >= 11 is 0. The molecule has 1 saturated heterocycles. The van der Waals surface area contributed by atoms with Crippen LogP contribution in [0.5, 0.6) is 5.75 Å². The van der Waals surface area contributed by atoms with Gasteiger partial charge in [-0.25, -0.2) is 9.59 Å². The maximum absolute atomic E-state index is 13.0. The highest BCUT2D eigenvalue weighted by Crippen LogP contribution is 2.29. The summed E-state index contributed by atoms with van der Waals surface area (Å²) in [5.74, 6) is -0.0882. The maximum atomic E-state index is 13.0. The van der Waals surface area contributed by atoms with Crippen molar-refractivity contribution in [1.82, 2.24) is 4.90 Å². The first-order valence-corrected chi connectivity index (χ1v) is 11.5. The third kappa shape index (κ3) is 5.60. The van der Waals surface area contributed by atoms with Gasteiger partial charge in [0, 0.05) is 37.1 Å². The molecular weight excluding hydrogens is 432 g/mol. The second-order valence-corrected chi connectivity index (χ2v) is 9.46. The molecule has 0 atom stereocenters. The Balaban J connectivity index is 1.51. The largest absolute Gasteiger partial charge is 0.507 e. The molecule has 1 N–H and O–H groups in total. The molecule has 0 radical (unpaired) electrons. The highest BCUT2D eigenvalue weighted by Gasteiger charge is 2.30. The van der Waals surface area contributed by atoms with Gasteiger partial charge >= 0.3 is 11.7 Å². The molecule has 0 aliphatic carbocycles. The minimum absolute atomic E-state index is 0.00602. The van der Waals surface area contributed by atoms with Crippen molar-refractivity contribution < 1.29 is 19.1 Å². The molecule has 0 spiro atoms. The number of rotatable bonds is 4. The molecule has 178 valence electrons. The Hall–Kier alpha value is -3.74. The van der Waals surface area contributed by atoms with Crippen molar-refractivity contribution in [2.24, 2.45) is 0 Å². The van der Waals surface area contributed by atoms with E-state index in [9.17, 15) is 14.7 Å². The van der Waals surface area contributed by atoms with Crippen LogP contribution in [0.15, 0.2) is 70.0 Å². The fraction of sp³-hybridized carbons (Fsp3) is 0.333. The van der Waals surface area contributed by atoms with Crippen LogP contribution in [0.25, 0.3) is 17.0 Å². The summed E-state index contributed by atoms with van der Waals surface area (Å²) in [6.45, 7) is 7.03. The van der Waals surface area contributed by atoms with Crippen LogP contribution in [-0.2, 0) is 4.74 Å². The summed E-state index contributed by atoms with van der Waals surface area (Å²) < 4.78 is 10.9. The first-order valence-electron chi connectivity index (χ1n) is 11.5. The monoisotopic (exact) mass is 462 g/mol. The molecule has 1 aromatic heterocycles. The van der Waals surface area contributed by atoms with E-state index in [-0.39, 0.29) is 17.9 Å². The van der Waals surface area contributed by atoms with Crippen LogP contribution in [0.3, 0.4) is 0 Å². The molecule has 7 heteroatoms. The lowest BCUT2D eigenvalue weighted by molar-refractivity contribution is 0.0251. The van der Waals surface area contributed by atoms with Crippen molar-refractivity contribution in [1.29, 1.82) is 0 Å². The lowest BCUT2D eigenvalue weighted by Crippen LogP contribution is -2.46. The van der Waals surface area contributed by atoms with Crippen molar-refractivity contribution in [3.05, 3.63) is 76.8 Å². The zero-order valence-corrected chi connectivity index (χ0v) is 19.7. The number of piperidine rings is 1. The number of benzene rings is 2. The van der Waals surface area contributed by atoms with Gasteiger partial charge < -0.3 is 19.2 Å². The Morgan fingerprint density at radius 2 is 1.82 bits per heavy atom. The van der Waals surface area contributed by atoms with Gasteiger partial charge in [-0.15, -0.1) is 0 Å². The Morgan fingerprint density at radius 1 is 1.12 bits per heavy atom. The predicted octanol–water partition coefficient (Wildman–Crippen LogP) is 5.38. The van der Waals surface area contributed by atoms with Crippen molar-refractivity contribution in [3.63, 3.8) is 0 Å². The van der Waals surface area contributed by atoms with Gasteiger partial charge in [-0.3, -0.25) is 4.90 Å². The average Bonchev–Trinajstić information content (AvgIpc) is 2.78. The van der Waals surface area contributed by atoms with E-state index in [1.165, 1.54) is 0 Å². The highest BCUT2D eigenvalue weighted by atomic mass is 16.6. The second kappa shape index (κ2) is 9.63. The van der Waals surface area contributed by atoms with Gasteiger partial charge in [0.25, 0.3) is 0 Å². The number of hydrogen-bond acceptors (Lipinski definition) is 6. The Morgan fingerprint density at radius 3 is 2.50 bits per heavy atom. The van der Waals surface area contributed by atoms with Crippen LogP contribution in [0.1, 0.15) is 39.2 Å². The van der Waals surface area contributed by atoms with Crippen LogP contribution in [0.2, 0.25) is 0 Å². The number of ether oxygens (including phenoxy) is 1. The van der Waals surface area contributed by atoms with Crippen LogP contribution < -0.4 is 10.5 Å². The van der Waals surface area contributed by atoms with Crippen molar-refractivity contribution in [2.75, 3.05) is 18.0 Å². The van der Waals surface area contributed by atoms with Crippen LogP contribution in [0, 0.1) is 0 Å².